The van der Waals surface area contributed by atoms with Gasteiger partial charge in [0.1, 0.15) is 17.2 Å². The monoisotopic (exact) mass is 409 g/mol. The van der Waals surface area contributed by atoms with E-state index in [9.17, 15) is 9.59 Å². The lowest BCUT2D eigenvalue weighted by atomic mass is 10.1. The molecule has 0 atom stereocenters. The highest BCUT2D eigenvalue weighted by Crippen LogP contribution is 2.30. The largest absolute Gasteiger partial charge is 0.497 e. The van der Waals surface area contributed by atoms with Gasteiger partial charge in [0.25, 0.3) is 11.5 Å². The number of unbranched alkanes of at least 4 members (excludes halogenated alkanes) is 1. The van der Waals surface area contributed by atoms with Crippen LogP contribution in [0.15, 0.2) is 41.2 Å². The van der Waals surface area contributed by atoms with E-state index in [1.54, 1.807) is 55.0 Å². The molecule has 1 aromatic heterocycles. The number of hydrogen-bond acceptors (Lipinski definition) is 5. The molecule has 1 N–H and O–H groups in total. The number of fused-ring (bicyclic) bond motifs is 1. The van der Waals surface area contributed by atoms with E-state index in [-0.39, 0.29) is 11.5 Å². The second kappa shape index (κ2) is 9.43. The summed E-state index contributed by atoms with van der Waals surface area (Å²) in [6.07, 6.45) is 1.94. The van der Waals surface area contributed by atoms with Crippen LogP contribution in [0.25, 0.3) is 11.0 Å². The van der Waals surface area contributed by atoms with Crippen LogP contribution in [0.4, 0.5) is 5.69 Å². The van der Waals surface area contributed by atoms with Gasteiger partial charge < -0.3 is 19.4 Å². The Bertz CT molecular complexity index is 1120. The molecule has 0 fully saturated rings. The van der Waals surface area contributed by atoms with E-state index in [1.165, 1.54) is 0 Å². The first-order valence-corrected chi connectivity index (χ1v) is 10.1. The number of methoxy groups -OCH3 is 1. The van der Waals surface area contributed by atoms with Crippen LogP contribution in [0, 0.1) is 6.92 Å². The Hall–Kier alpha value is -3.35. The van der Waals surface area contributed by atoms with Crippen LogP contribution in [0.3, 0.4) is 0 Å². The van der Waals surface area contributed by atoms with Gasteiger partial charge in [-0.3, -0.25) is 9.59 Å². The smallest absolute Gasteiger partial charge is 0.272 e. The molecule has 0 spiro atoms. The van der Waals surface area contributed by atoms with Crippen molar-refractivity contribution in [3.63, 3.8) is 0 Å². The Labute approximate surface area is 175 Å². The van der Waals surface area contributed by atoms with Gasteiger partial charge in [0.05, 0.1) is 30.4 Å². The number of aryl methyl sites for hydroxylation is 2. The molecule has 0 saturated carbocycles. The fourth-order valence-electron chi connectivity index (χ4n) is 3.21. The Morgan fingerprint density at radius 2 is 1.97 bits per heavy atom. The van der Waals surface area contributed by atoms with Crippen LogP contribution in [0.2, 0.25) is 0 Å². The van der Waals surface area contributed by atoms with Crippen molar-refractivity contribution in [2.75, 3.05) is 19.0 Å². The molecule has 2 aromatic carbocycles. The lowest BCUT2D eigenvalue weighted by Gasteiger charge is -2.14. The summed E-state index contributed by atoms with van der Waals surface area (Å²) in [6, 6.07) is 10.5. The molecule has 7 nitrogen and oxygen atoms in total. The molecule has 0 bridgehead atoms. The number of rotatable bonds is 8. The van der Waals surface area contributed by atoms with Gasteiger partial charge >= 0.3 is 0 Å². The third-order valence-electron chi connectivity index (χ3n) is 4.88. The third kappa shape index (κ3) is 4.45. The summed E-state index contributed by atoms with van der Waals surface area (Å²) in [7, 11) is 1.57. The van der Waals surface area contributed by atoms with Gasteiger partial charge in [0, 0.05) is 18.2 Å². The lowest BCUT2D eigenvalue weighted by Crippen LogP contribution is -2.23. The molecule has 0 radical (unpaired) electrons. The molecule has 0 aliphatic rings. The number of amides is 1. The fraction of sp³-hybridized carbons (Fsp3) is 0.348. The summed E-state index contributed by atoms with van der Waals surface area (Å²) in [5.41, 5.74) is 2.58. The van der Waals surface area contributed by atoms with Crippen molar-refractivity contribution in [3.8, 4) is 11.5 Å². The number of nitrogens with one attached hydrogen (secondary N) is 1. The summed E-state index contributed by atoms with van der Waals surface area (Å²) >= 11 is 0. The SMILES string of the molecule is CCCCOc1ccc(OC)cc1NC(=O)c1ccc2c(c1)nc(C)c(=O)n2CC. The van der Waals surface area contributed by atoms with Crippen molar-refractivity contribution in [2.45, 2.75) is 40.2 Å². The number of carbonyl (C=O) groups excluding carboxylic acids is 1. The average Bonchev–Trinajstić information content (AvgIpc) is 2.75. The molecule has 0 saturated heterocycles. The molecule has 30 heavy (non-hydrogen) atoms. The highest BCUT2D eigenvalue weighted by molar-refractivity contribution is 6.06. The van der Waals surface area contributed by atoms with E-state index in [0.29, 0.717) is 52.6 Å². The van der Waals surface area contributed by atoms with E-state index < -0.39 is 0 Å². The minimum absolute atomic E-state index is 0.118. The molecule has 3 aromatic rings. The maximum Gasteiger partial charge on any atom is 0.272 e. The maximum absolute atomic E-state index is 12.9. The average molecular weight is 409 g/mol. The minimum Gasteiger partial charge on any atom is -0.497 e. The predicted octanol–water partition coefficient (Wildman–Crippen LogP) is 4.16. The van der Waals surface area contributed by atoms with Crippen molar-refractivity contribution in [2.24, 2.45) is 0 Å². The highest BCUT2D eigenvalue weighted by atomic mass is 16.5. The molecule has 1 heterocycles. The van der Waals surface area contributed by atoms with E-state index in [2.05, 4.69) is 17.2 Å². The topological polar surface area (TPSA) is 82.5 Å². The van der Waals surface area contributed by atoms with Crippen molar-refractivity contribution < 1.29 is 14.3 Å². The lowest BCUT2D eigenvalue weighted by molar-refractivity contribution is 0.102. The Morgan fingerprint density at radius 1 is 1.17 bits per heavy atom. The molecule has 1 amide bonds. The Balaban J connectivity index is 1.93. The normalized spacial score (nSPS) is 10.8. The van der Waals surface area contributed by atoms with Gasteiger partial charge in [-0.1, -0.05) is 13.3 Å². The van der Waals surface area contributed by atoms with Gasteiger partial charge in [-0.05, 0) is 50.6 Å². The molecule has 3 rings (SSSR count). The third-order valence-corrected chi connectivity index (χ3v) is 4.88. The molecular weight excluding hydrogens is 382 g/mol. The number of ether oxygens (including phenoxy) is 2. The van der Waals surface area contributed by atoms with Gasteiger partial charge in [0.2, 0.25) is 0 Å². The van der Waals surface area contributed by atoms with Crippen LogP contribution in [-0.2, 0) is 6.54 Å². The first kappa shape index (κ1) is 21.4. The van der Waals surface area contributed by atoms with E-state index >= 15 is 0 Å². The summed E-state index contributed by atoms with van der Waals surface area (Å²) in [5, 5.41) is 2.91. The van der Waals surface area contributed by atoms with Gasteiger partial charge in [0.15, 0.2) is 0 Å². The zero-order valence-corrected chi connectivity index (χ0v) is 17.8. The van der Waals surface area contributed by atoms with Crippen molar-refractivity contribution in [3.05, 3.63) is 58.0 Å². The molecule has 0 aliphatic heterocycles. The summed E-state index contributed by atoms with van der Waals surface area (Å²) in [5.74, 6) is 0.919. The van der Waals surface area contributed by atoms with Crippen LogP contribution in [0.1, 0.15) is 42.7 Å². The van der Waals surface area contributed by atoms with Crippen molar-refractivity contribution in [1.29, 1.82) is 0 Å². The quantitative estimate of drug-likeness (QED) is 0.565. The van der Waals surface area contributed by atoms with Crippen LogP contribution < -0.4 is 20.3 Å². The summed E-state index contributed by atoms with van der Waals surface area (Å²) < 4.78 is 12.8. The van der Waals surface area contributed by atoms with Crippen LogP contribution >= 0.6 is 0 Å². The van der Waals surface area contributed by atoms with Gasteiger partial charge in [-0.15, -0.1) is 0 Å². The maximum atomic E-state index is 12.9. The van der Waals surface area contributed by atoms with E-state index in [1.807, 2.05) is 6.92 Å². The number of aromatic nitrogens is 2. The Kier molecular flexibility index (Phi) is 6.72. The van der Waals surface area contributed by atoms with E-state index in [4.69, 9.17) is 9.47 Å². The summed E-state index contributed by atoms with van der Waals surface area (Å²) in [6.45, 7) is 6.78. The van der Waals surface area contributed by atoms with Gasteiger partial charge in [-0.25, -0.2) is 4.98 Å². The number of benzene rings is 2. The number of carbonyl (C=O) groups is 1. The molecule has 158 valence electrons. The molecule has 0 unspecified atom stereocenters. The van der Waals surface area contributed by atoms with Crippen LogP contribution in [-0.4, -0.2) is 29.2 Å². The van der Waals surface area contributed by atoms with Crippen molar-refractivity contribution in [1.82, 2.24) is 9.55 Å². The molecule has 0 aliphatic carbocycles. The van der Waals surface area contributed by atoms with Gasteiger partial charge in [-0.2, -0.15) is 0 Å². The van der Waals surface area contributed by atoms with Crippen LogP contribution in [0.5, 0.6) is 11.5 Å². The number of hydrogen-bond donors (Lipinski definition) is 1. The van der Waals surface area contributed by atoms with Crippen molar-refractivity contribution >= 4 is 22.6 Å². The molecule has 7 heteroatoms. The zero-order valence-electron chi connectivity index (χ0n) is 17.8. The first-order valence-electron chi connectivity index (χ1n) is 10.1. The standard InChI is InChI=1S/C23H27N3O4/c1-5-7-12-30-21-11-9-17(29-4)14-19(21)25-22(27)16-8-10-20-18(13-16)24-15(3)23(28)26(20)6-2/h8-11,13-14H,5-7,12H2,1-4H3,(H,25,27). The Morgan fingerprint density at radius 3 is 2.67 bits per heavy atom. The fourth-order valence-corrected chi connectivity index (χ4v) is 3.21. The number of anilines is 1. The zero-order chi connectivity index (χ0) is 21.7. The van der Waals surface area contributed by atoms with E-state index in [0.717, 1.165) is 12.8 Å². The minimum atomic E-state index is -0.292. The number of nitrogens with zero attached hydrogens (tertiary/aromatic N) is 2. The predicted molar refractivity (Wildman–Crippen MR) is 118 cm³/mol. The molecular formula is C23H27N3O4. The second-order valence-corrected chi connectivity index (χ2v) is 6.97. The highest BCUT2D eigenvalue weighted by Gasteiger charge is 2.14. The first-order chi connectivity index (χ1) is 14.5. The summed E-state index contributed by atoms with van der Waals surface area (Å²) in [4.78, 5) is 29.6. The second-order valence-electron chi connectivity index (χ2n) is 6.97.